The van der Waals surface area contributed by atoms with Gasteiger partial charge in [-0.3, -0.25) is 0 Å². The fraction of sp³-hybridized carbons (Fsp3) is 0.556. The lowest BCUT2D eigenvalue weighted by atomic mass is 10.0. The summed E-state index contributed by atoms with van der Waals surface area (Å²) >= 11 is 0. The number of nitrogens with one attached hydrogen (secondary N) is 1. The maximum atomic E-state index is 12.9. The van der Waals surface area contributed by atoms with E-state index in [1.807, 2.05) is 30.3 Å². The number of fused-ring (bicyclic) bond motifs is 1. The predicted octanol–water partition coefficient (Wildman–Crippen LogP) is 2.34. The number of likely N-dealkylation sites (N-methyl/N-ethyl adjacent to an activating group) is 1. The number of carbonyl (C=O) groups excluding carboxylic acids is 1. The van der Waals surface area contributed by atoms with Crippen molar-refractivity contribution >= 4 is 11.9 Å². The summed E-state index contributed by atoms with van der Waals surface area (Å²) in [6.07, 6.45) is 2.97. The van der Waals surface area contributed by atoms with Crippen LogP contribution >= 0.6 is 0 Å². The minimum atomic E-state index is -0.387. The summed E-state index contributed by atoms with van der Waals surface area (Å²) in [6.45, 7) is 4.98. The normalized spacial score (nSPS) is 21.8. The third-order valence-corrected chi connectivity index (χ3v) is 7.52. The molecular weight excluding hydrogens is 470 g/mol. The van der Waals surface area contributed by atoms with Gasteiger partial charge in [0.2, 0.25) is 0 Å². The highest BCUT2D eigenvalue weighted by atomic mass is 16.6. The summed E-state index contributed by atoms with van der Waals surface area (Å²) in [5.74, 6) is 0.863. The largest absolute Gasteiger partial charge is 0.462 e. The second-order valence-corrected chi connectivity index (χ2v) is 9.97. The number of nitrogens with zero attached hydrogens (tertiary/aromatic N) is 6. The first-order chi connectivity index (χ1) is 18.1. The molecule has 1 aromatic heterocycles. The Morgan fingerprint density at radius 3 is 2.84 bits per heavy atom. The molecule has 1 amide bonds. The maximum Gasteiger partial charge on any atom is 0.410 e. The average Bonchev–Trinajstić information content (AvgIpc) is 3.35. The Balaban J connectivity index is 1.30. The van der Waals surface area contributed by atoms with Gasteiger partial charge in [-0.2, -0.15) is 15.2 Å². The number of likely N-dealkylation sites (tertiary alicyclic amines) is 1. The molecule has 10 heteroatoms. The molecule has 0 unspecified atom stereocenters. The van der Waals surface area contributed by atoms with Crippen LogP contribution < -0.4 is 15.0 Å². The molecule has 5 rings (SSSR count). The van der Waals surface area contributed by atoms with E-state index in [9.17, 15) is 10.1 Å². The molecule has 0 bridgehead atoms. The maximum absolute atomic E-state index is 12.9. The standard InChI is InChI=1S/C27H35N7O3/c1-32-13-5-8-22(32)19-36-26-30-24-16-29-12-10-23(24)25(31-26)33-14-15-34(21(17-33)9-11-28)27(35)37-18-20-6-3-2-4-7-20/h2-4,6-7,21-22,29H,5,8-10,12-19H2,1H3/t21-,22+/m0/s1. The number of benzene rings is 1. The first kappa shape index (κ1) is 25.2. The molecule has 3 aliphatic heterocycles. The summed E-state index contributed by atoms with van der Waals surface area (Å²) in [5.41, 5.74) is 3.02. The van der Waals surface area contributed by atoms with Gasteiger partial charge in [0.25, 0.3) is 0 Å². The number of ether oxygens (including phenoxy) is 2. The molecule has 0 saturated carbocycles. The van der Waals surface area contributed by atoms with Crippen molar-refractivity contribution in [3.8, 4) is 12.1 Å². The van der Waals surface area contributed by atoms with Gasteiger partial charge in [0.05, 0.1) is 24.2 Å². The molecule has 2 aromatic rings. The SMILES string of the molecule is CN1CCC[C@@H]1COc1nc2c(c(N3CCN(C(=O)OCc4ccccc4)[C@@H](CC#N)C3)n1)CCNC2. The lowest BCUT2D eigenvalue weighted by Gasteiger charge is -2.41. The Kier molecular flexibility index (Phi) is 8.02. The van der Waals surface area contributed by atoms with E-state index in [4.69, 9.17) is 19.4 Å². The Bertz CT molecular complexity index is 1120. The van der Waals surface area contributed by atoms with Gasteiger partial charge >= 0.3 is 12.1 Å². The number of amides is 1. The fourth-order valence-electron chi connectivity index (χ4n) is 5.37. The number of aromatic nitrogens is 2. The van der Waals surface area contributed by atoms with E-state index >= 15 is 0 Å². The Hall–Kier alpha value is -3.42. The van der Waals surface area contributed by atoms with Crippen LogP contribution in [0.5, 0.6) is 6.01 Å². The van der Waals surface area contributed by atoms with E-state index in [1.54, 1.807) is 4.90 Å². The van der Waals surface area contributed by atoms with Crippen molar-refractivity contribution in [2.75, 3.05) is 51.3 Å². The third-order valence-electron chi connectivity index (χ3n) is 7.52. The zero-order valence-corrected chi connectivity index (χ0v) is 21.4. The smallest absolute Gasteiger partial charge is 0.410 e. The number of hydrogen-bond acceptors (Lipinski definition) is 9. The van der Waals surface area contributed by atoms with Crippen LogP contribution in [0.2, 0.25) is 0 Å². The molecule has 0 aliphatic carbocycles. The zero-order valence-electron chi connectivity index (χ0n) is 21.4. The first-order valence-corrected chi connectivity index (χ1v) is 13.1. The van der Waals surface area contributed by atoms with E-state index in [-0.39, 0.29) is 25.2 Å². The van der Waals surface area contributed by atoms with Crippen LogP contribution in [0.25, 0.3) is 0 Å². The quantitative estimate of drug-likeness (QED) is 0.607. The molecule has 2 fully saturated rings. The number of carbonyl (C=O) groups is 1. The monoisotopic (exact) mass is 505 g/mol. The predicted molar refractivity (Wildman–Crippen MR) is 138 cm³/mol. The van der Waals surface area contributed by atoms with Crippen molar-refractivity contribution in [1.29, 1.82) is 5.26 Å². The first-order valence-electron chi connectivity index (χ1n) is 13.1. The van der Waals surface area contributed by atoms with Crippen molar-refractivity contribution in [3.05, 3.63) is 47.2 Å². The van der Waals surface area contributed by atoms with Crippen LogP contribution in [-0.2, 0) is 24.3 Å². The highest BCUT2D eigenvalue weighted by Crippen LogP contribution is 2.29. The summed E-state index contributed by atoms with van der Waals surface area (Å²) in [6, 6.07) is 12.4. The molecule has 0 spiro atoms. The highest BCUT2D eigenvalue weighted by molar-refractivity contribution is 5.69. The average molecular weight is 506 g/mol. The minimum Gasteiger partial charge on any atom is -0.462 e. The lowest BCUT2D eigenvalue weighted by Crippen LogP contribution is -2.55. The van der Waals surface area contributed by atoms with Crippen LogP contribution in [-0.4, -0.2) is 84.3 Å². The molecular formula is C27H35N7O3. The number of anilines is 1. The van der Waals surface area contributed by atoms with Crippen LogP contribution in [0.1, 0.15) is 36.1 Å². The van der Waals surface area contributed by atoms with Gasteiger partial charge < -0.3 is 29.5 Å². The zero-order chi connectivity index (χ0) is 25.6. The molecule has 37 heavy (non-hydrogen) atoms. The second kappa shape index (κ2) is 11.8. The van der Waals surface area contributed by atoms with Gasteiger partial charge in [-0.1, -0.05) is 30.3 Å². The number of hydrogen-bond donors (Lipinski definition) is 1. The van der Waals surface area contributed by atoms with Crippen LogP contribution in [0.15, 0.2) is 30.3 Å². The third kappa shape index (κ3) is 5.95. The van der Waals surface area contributed by atoms with Gasteiger partial charge in [-0.05, 0) is 45.0 Å². The van der Waals surface area contributed by atoms with Gasteiger partial charge in [0.15, 0.2) is 0 Å². The number of nitriles is 1. The van der Waals surface area contributed by atoms with Crippen molar-refractivity contribution in [2.24, 2.45) is 0 Å². The molecule has 196 valence electrons. The van der Waals surface area contributed by atoms with Gasteiger partial charge in [-0.25, -0.2) is 4.79 Å². The molecule has 1 N–H and O–H groups in total. The summed E-state index contributed by atoms with van der Waals surface area (Å²) < 4.78 is 11.7. The summed E-state index contributed by atoms with van der Waals surface area (Å²) in [5, 5.41) is 12.9. The second-order valence-electron chi connectivity index (χ2n) is 9.97. The van der Waals surface area contributed by atoms with Crippen molar-refractivity contribution in [3.63, 3.8) is 0 Å². The van der Waals surface area contributed by atoms with Crippen LogP contribution in [0, 0.1) is 11.3 Å². The van der Waals surface area contributed by atoms with Crippen molar-refractivity contribution in [1.82, 2.24) is 25.1 Å². The molecule has 10 nitrogen and oxygen atoms in total. The van der Waals surface area contributed by atoms with E-state index in [2.05, 4.69) is 28.2 Å². The molecule has 2 saturated heterocycles. The summed E-state index contributed by atoms with van der Waals surface area (Å²) in [4.78, 5) is 28.7. The molecule has 2 atom stereocenters. The molecule has 1 aromatic carbocycles. The van der Waals surface area contributed by atoms with Crippen LogP contribution in [0.4, 0.5) is 10.6 Å². The van der Waals surface area contributed by atoms with E-state index in [0.29, 0.717) is 44.8 Å². The van der Waals surface area contributed by atoms with Crippen molar-refractivity contribution < 1.29 is 14.3 Å². The molecule has 0 radical (unpaired) electrons. The Labute approximate surface area is 218 Å². The van der Waals surface area contributed by atoms with Gasteiger partial charge in [0, 0.05) is 37.8 Å². The Morgan fingerprint density at radius 2 is 2.05 bits per heavy atom. The summed E-state index contributed by atoms with van der Waals surface area (Å²) in [7, 11) is 2.13. The topological polar surface area (TPSA) is 107 Å². The highest BCUT2D eigenvalue weighted by Gasteiger charge is 2.34. The Morgan fingerprint density at radius 1 is 1.19 bits per heavy atom. The molecule has 3 aliphatic rings. The van der Waals surface area contributed by atoms with E-state index in [0.717, 1.165) is 48.6 Å². The number of piperazine rings is 1. The van der Waals surface area contributed by atoms with Gasteiger partial charge in [0.1, 0.15) is 19.0 Å². The number of rotatable bonds is 7. The fourth-order valence-corrected chi connectivity index (χ4v) is 5.37. The lowest BCUT2D eigenvalue weighted by molar-refractivity contribution is 0.0767. The molecule has 4 heterocycles. The van der Waals surface area contributed by atoms with E-state index in [1.165, 1.54) is 6.42 Å². The van der Waals surface area contributed by atoms with Gasteiger partial charge in [-0.15, -0.1) is 0 Å². The minimum absolute atomic E-state index is 0.211. The van der Waals surface area contributed by atoms with Crippen molar-refractivity contribution in [2.45, 2.75) is 50.9 Å². The van der Waals surface area contributed by atoms with E-state index < -0.39 is 0 Å². The van der Waals surface area contributed by atoms with Crippen LogP contribution in [0.3, 0.4) is 0 Å².